The topological polar surface area (TPSA) is 77.8 Å². The quantitative estimate of drug-likeness (QED) is 0.623. The van der Waals surface area contributed by atoms with E-state index >= 15 is 0 Å². The van der Waals surface area contributed by atoms with Crippen LogP contribution in [-0.2, 0) is 0 Å². The van der Waals surface area contributed by atoms with Crippen molar-refractivity contribution in [1.29, 1.82) is 0 Å². The summed E-state index contributed by atoms with van der Waals surface area (Å²) < 4.78 is 0.217. The molecule has 0 fully saturated rings. The van der Waals surface area contributed by atoms with E-state index in [-0.39, 0.29) is 22.3 Å². The molecule has 24 heavy (non-hydrogen) atoms. The lowest BCUT2D eigenvalue weighted by Crippen LogP contribution is -2.27. The Labute approximate surface area is 147 Å². The molecule has 3 N–H and O–H groups in total. The number of hydrogen-bond acceptors (Lipinski definition) is 3. The van der Waals surface area contributed by atoms with Gasteiger partial charge in [0.15, 0.2) is 4.77 Å². The van der Waals surface area contributed by atoms with Crippen LogP contribution in [-0.4, -0.2) is 15.9 Å². The van der Waals surface area contributed by atoms with E-state index in [0.29, 0.717) is 21.5 Å². The third kappa shape index (κ3) is 3.25. The van der Waals surface area contributed by atoms with Crippen LogP contribution in [0.1, 0.15) is 28.9 Å². The number of benzene rings is 2. The SMILES string of the molecule is C[C@H](NC(=O)c1ccc2c(=O)[nH]c(=S)[nH]c2c1)c1ccccc1Cl. The van der Waals surface area contributed by atoms with Crippen LogP contribution in [0.3, 0.4) is 0 Å². The average molecular weight is 360 g/mol. The van der Waals surface area contributed by atoms with E-state index in [9.17, 15) is 9.59 Å². The Balaban J connectivity index is 1.90. The molecule has 1 aromatic heterocycles. The predicted octanol–water partition coefficient (Wildman–Crippen LogP) is 3.73. The third-order valence-electron chi connectivity index (χ3n) is 3.72. The molecule has 0 saturated heterocycles. The molecule has 3 rings (SSSR count). The van der Waals surface area contributed by atoms with Crippen molar-refractivity contribution >= 4 is 40.6 Å². The summed E-state index contributed by atoms with van der Waals surface area (Å²) in [5, 5.41) is 3.94. The molecule has 1 heterocycles. The molecular formula is C17H14ClN3O2S. The van der Waals surface area contributed by atoms with Crippen LogP contribution in [0.15, 0.2) is 47.3 Å². The Morgan fingerprint density at radius 2 is 1.96 bits per heavy atom. The van der Waals surface area contributed by atoms with Crippen molar-refractivity contribution in [3.8, 4) is 0 Å². The first-order valence-corrected chi connectivity index (χ1v) is 8.06. The van der Waals surface area contributed by atoms with Gasteiger partial charge in [0.2, 0.25) is 0 Å². The Hall–Kier alpha value is -2.44. The van der Waals surface area contributed by atoms with E-state index in [0.717, 1.165) is 5.56 Å². The number of carbonyl (C=O) groups excluding carboxylic acids is 1. The highest BCUT2D eigenvalue weighted by molar-refractivity contribution is 7.71. The number of carbonyl (C=O) groups is 1. The van der Waals surface area contributed by atoms with E-state index in [4.69, 9.17) is 23.8 Å². The number of halogens is 1. The molecule has 2 aromatic carbocycles. The van der Waals surface area contributed by atoms with E-state index in [1.54, 1.807) is 24.3 Å². The van der Waals surface area contributed by atoms with Crippen LogP contribution in [0.2, 0.25) is 5.02 Å². The Morgan fingerprint density at radius 1 is 1.21 bits per heavy atom. The maximum Gasteiger partial charge on any atom is 0.259 e. The molecule has 7 heteroatoms. The molecule has 0 aliphatic heterocycles. The summed E-state index contributed by atoms with van der Waals surface area (Å²) in [5.74, 6) is -0.260. The van der Waals surface area contributed by atoms with Crippen molar-refractivity contribution in [2.24, 2.45) is 0 Å². The number of H-pyrrole nitrogens is 2. The van der Waals surface area contributed by atoms with Gasteiger partial charge in [-0.05, 0) is 49.0 Å². The maximum atomic E-state index is 12.5. The van der Waals surface area contributed by atoms with Gasteiger partial charge in [0.05, 0.1) is 16.9 Å². The average Bonchev–Trinajstić information content (AvgIpc) is 2.54. The zero-order chi connectivity index (χ0) is 17.3. The summed E-state index contributed by atoms with van der Waals surface area (Å²) in [4.78, 5) is 29.7. The minimum atomic E-state index is -0.287. The highest BCUT2D eigenvalue weighted by Crippen LogP contribution is 2.22. The van der Waals surface area contributed by atoms with Crippen molar-refractivity contribution < 1.29 is 4.79 Å². The van der Waals surface area contributed by atoms with Gasteiger partial charge in [0.1, 0.15) is 0 Å². The fourth-order valence-electron chi connectivity index (χ4n) is 2.49. The first-order chi connectivity index (χ1) is 11.5. The van der Waals surface area contributed by atoms with Gasteiger partial charge in [-0.3, -0.25) is 14.6 Å². The highest BCUT2D eigenvalue weighted by Gasteiger charge is 2.14. The summed E-state index contributed by atoms with van der Waals surface area (Å²) in [7, 11) is 0. The summed E-state index contributed by atoms with van der Waals surface area (Å²) in [6.45, 7) is 1.86. The Bertz CT molecular complexity index is 1040. The smallest absolute Gasteiger partial charge is 0.259 e. The zero-order valence-corrected chi connectivity index (χ0v) is 14.3. The molecular weight excluding hydrogens is 346 g/mol. The molecule has 1 amide bonds. The van der Waals surface area contributed by atoms with Crippen LogP contribution in [0, 0.1) is 4.77 Å². The van der Waals surface area contributed by atoms with Gasteiger partial charge in [0.25, 0.3) is 11.5 Å². The molecule has 0 spiro atoms. The summed E-state index contributed by atoms with van der Waals surface area (Å²) in [6.07, 6.45) is 0. The van der Waals surface area contributed by atoms with E-state index < -0.39 is 0 Å². The second-order valence-electron chi connectivity index (χ2n) is 5.39. The molecule has 5 nitrogen and oxygen atoms in total. The first kappa shape index (κ1) is 16.4. The first-order valence-electron chi connectivity index (χ1n) is 7.27. The lowest BCUT2D eigenvalue weighted by molar-refractivity contribution is 0.0940. The number of aromatic amines is 2. The second kappa shape index (κ2) is 6.59. The van der Waals surface area contributed by atoms with Crippen LogP contribution in [0.5, 0.6) is 0 Å². The lowest BCUT2D eigenvalue weighted by Gasteiger charge is -2.16. The summed E-state index contributed by atoms with van der Waals surface area (Å²) in [5.41, 5.74) is 1.49. The van der Waals surface area contributed by atoms with Crippen LogP contribution < -0.4 is 10.9 Å². The summed E-state index contributed by atoms with van der Waals surface area (Å²) in [6, 6.07) is 11.9. The lowest BCUT2D eigenvalue weighted by atomic mass is 10.1. The molecule has 122 valence electrons. The largest absolute Gasteiger partial charge is 0.345 e. The number of aromatic nitrogens is 2. The molecule has 0 aliphatic rings. The molecule has 0 saturated carbocycles. The Morgan fingerprint density at radius 3 is 2.71 bits per heavy atom. The van der Waals surface area contributed by atoms with Gasteiger partial charge in [0, 0.05) is 10.6 Å². The fraction of sp³-hybridized carbons (Fsp3) is 0.118. The minimum absolute atomic E-state index is 0.217. The predicted molar refractivity (Wildman–Crippen MR) is 97.1 cm³/mol. The number of amides is 1. The third-order valence-corrected chi connectivity index (χ3v) is 4.27. The van der Waals surface area contributed by atoms with Crippen molar-refractivity contribution in [3.63, 3.8) is 0 Å². The van der Waals surface area contributed by atoms with Crippen LogP contribution >= 0.6 is 23.8 Å². The van der Waals surface area contributed by atoms with Gasteiger partial charge in [-0.15, -0.1) is 0 Å². The standard InChI is InChI=1S/C17H14ClN3O2S/c1-9(11-4-2-3-5-13(11)18)19-15(22)10-6-7-12-14(8-10)20-17(24)21-16(12)23/h2-9H,1H3,(H,19,22)(H2,20,21,23,24)/t9-/m0/s1. The van der Waals surface area contributed by atoms with Gasteiger partial charge in [-0.2, -0.15) is 0 Å². The van der Waals surface area contributed by atoms with Crippen molar-refractivity contribution in [1.82, 2.24) is 15.3 Å². The minimum Gasteiger partial charge on any atom is -0.345 e. The van der Waals surface area contributed by atoms with Crippen molar-refractivity contribution in [3.05, 3.63) is 73.7 Å². The number of nitrogens with one attached hydrogen (secondary N) is 3. The fourth-order valence-corrected chi connectivity index (χ4v) is 3.00. The number of hydrogen-bond donors (Lipinski definition) is 3. The maximum absolute atomic E-state index is 12.5. The van der Waals surface area contributed by atoms with E-state index in [1.807, 2.05) is 25.1 Å². The normalized spacial score (nSPS) is 12.1. The zero-order valence-electron chi connectivity index (χ0n) is 12.7. The molecule has 1 atom stereocenters. The van der Waals surface area contributed by atoms with Crippen molar-refractivity contribution in [2.75, 3.05) is 0 Å². The molecule has 0 bridgehead atoms. The molecule has 0 unspecified atom stereocenters. The van der Waals surface area contributed by atoms with Crippen LogP contribution in [0.25, 0.3) is 10.9 Å². The molecule has 3 aromatic rings. The van der Waals surface area contributed by atoms with Crippen LogP contribution in [0.4, 0.5) is 0 Å². The molecule has 0 aliphatic carbocycles. The van der Waals surface area contributed by atoms with Gasteiger partial charge in [-0.1, -0.05) is 29.8 Å². The monoisotopic (exact) mass is 359 g/mol. The highest BCUT2D eigenvalue weighted by atomic mass is 35.5. The molecule has 0 radical (unpaired) electrons. The van der Waals surface area contributed by atoms with Gasteiger partial charge in [-0.25, -0.2) is 0 Å². The Kier molecular flexibility index (Phi) is 4.51. The van der Waals surface area contributed by atoms with Gasteiger partial charge < -0.3 is 10.3 Å². The summed E-state index contributed by atoms with van der Waals surface area (Å²) >= 11 is 11.1. The van der Waals surface area contributed by atoms with E-state index in [1.165, 1.54) is 0 Å². The number of rotatable bonds is 3. The number of fused-ring (bicyclic) bond motifs is 1. The van der Waals surface area contributed by atoms with E-state index in [2.05, 4.69) is 15.3 Å². The second-order valence-corrected chi connectivity index (χ2v) is 6.20. The van der Waals surface area contributed by atoms with Gasteiger partial charge >= 0.3 is 0 Å². The van der Waals surface area contributed by atoms with Crippen molar-refractivity contribution in [2.45, 2.75) is 13.0 Å².